The van der Waals surface area contributed by atoms with E-state index in [1.54, 1.807) is 6.92 Å². The molecule has 0 radical (unpaired) electrons. The van der Waals surface area contributed by atoms with Gasteiger partial charge in [0.25, 0.3) is 0 Å². The molecular formula is C27H32O8. The van der Waals surface area contributed by atoms with Gasteiger partial charge in [0.2, 0.25) is 0 Å². The molecule has 5 rings (SSSR count). The second-order valence-electron chi connectivity index (χ2n) is 11.7. The van der Waals surface area contributed by atoms with Gasteiger partial charge in [0, 0.05) is 23.8 Å². The maximum absolute atomic E-state index is 14.2. The van der Waals surface area contributed by atoms with Crippen molar-refractivity contribution in [2.75, 3.05) is 0 Å². The van der Waals surface area contributed by atoms with Gasteiger partial charge in [-0.05, 0) is 58.6 Å². The Kier molecular flexibility index (Phi) is 4.33. The van der Waals surface area contributed by atoms with Crippen LogP contribution in [0, 0.1) is 21.7 Å². The lowest BCUT2D eigenvalue weighted by molar-refractivity contribution is -0.167. The van der Waals surface area contributed by atoms with Gasteiger partial charge >= 0.3 is 17.9 Å². The smallest absolute Gasteiger partial charge is 0.331 e. The van der Waals surface area contributed by atoms with Gasteiger partial charge in [-0.1, -0.05) is 25.2 Å². The van der Waals surface area contributed by atoms with Crippen molar-refractivity contribution in [3.8, 4) is 0 Å². The highest BCUT2D eigenvalue weighted by atomic mass is 16.6. The molecule has 0 aromatic rings. The molecular weight excluding hydrogens is 452 g/mol. The Balaban J connectivity index is 1.93. The van der Waals surface area contributed by atoms with Gasteiger partial charge in [0.15, 0.2) is 11.4 Å². The van der Waals surface area contributed by atoms with E-state index in [-0.39, 0.29) is 5.57 Å². The highest BCUT2D eigenvalue weighted by Gasteiger charge is 2.90. The second kappa shape index (κ2) is 6.33. The summed E-state index contributed by atoms with van der Waals surface area (Å²) in [6.07, 6.45) is 1.81. The quantitative estimate of drug-likeness (QED) is 0.343. The Morgan fingerprint density at radius 2 is 1.80 bits per heavy atom. The van der Waals surface area contributed by atoms with Gasteiger partial charge in [-0.15, -0.1) is 0 Å². The predicted octanol–water partition coefficient (Wildman–Crippen LogP) is 2.73. The first kappa shape index (κ1) is 24.0. The van der Waals surface area contributed by atoms with Crippen LogP contribution in [-0.2, 0) is 33.4 Å². The average Bonchev–Trinajstić information content (AvgIpc) is 3.01. The van der Waals surface area contributed by atoms with E-state index in [0.29, 0.717) is 18.4 Å². The van der Waals surface area contributed by atoms with Crippen LogP contribution in [0.3, 0.4) is 0 Å². The number of hydrogen-bond donors (Lipinski definition) is 1. The molecule has 2 aliphatic heterocycles. The molecule has 0 unspecified atom stereocenters. The minimum atomic E-state index is -2.17. The van der Waals surface area contributed by atoms with Gasteiger partial charge in [-0.2, -0.15) is 0 Å². The maximum atomic E-state index is 14.2. The molecule has 8 heteroatoms. The molecule has 2 bridgehead atoms. The van der Waals surface area contributed by atoms with Gasteiger partial charge < -0.3 is 19.3 Å². The molecule has 5 aliphatic rings. The van der Waals surface area contributed by atoms with Crippen molar-refractivity contribution in [3.05, 3.63) is 35.5 Å². The molecule has 8 nitrogen and oxygen atoms in total. The summed E-state index contributed by atoms with van der Waals surface area (Å²) in [5, 5.41) is 12.1. The fourth-order valence-corrected chi connectivity index (χ4v) is 8.36. The summed E-state index contributed by atoms with van der Waals surface area (Å²) in [5.41, 5.74) is -6.77. The highest BCUT2D eigenvalue weighted by molar-refractivity contribution is 6.12. The largest absolute Gasteiger partial charge is 0.458 e. The van der Waals surface area contributed by atoms with Gasteiger partial charge in [0.05, 0.1) is 5.41 Å². The lowest BCUT2D eigenvalue weighted by Crippen LogP contribution is -2.64. The van der Waals surface area contributed by atoms with Crippen LogP contribution in [0.4, 0.5) is 0 Å². The van der Waals surface area contributed by atoms with Crippen molar-refractivity contribution in [3.63, 3.8) is 0 Å². The summed E-state index contributed by atoms with van der Waals surface area (Å²) >= 11 is 0. The number of esters is 3. The molecule has 0 amide bonds. The molecule has 0 aromatic heterocycles. The van der Waals surface area contributed by atoms with Crippen LogP contribution >= 0.6 is 0 Å². The molecule has 0 aromatic carbocycles. The van der Waals surface area contributed by atoms with Crippen LogP contribution in [-0.4, -0.2) is 52.2 Å². The molecule has 188 valence electrons. The number of ether oxygens (including phenoxy) is 3. The van der Waals surface area contributed by atoms with Crippen LogP contribution in [0.1, 0.15) is 61.3 Å². The molecule has 2 saturated carbocycles. The van der Waals surface area contributed by atoms with E-state index in [1.807, 2.05) is 33.8 Å². The van der Waals surface area contributed by atoms with Crippen molar-refractivity contribution in [2.24, 2.45) is 21.7 Å². The number of carbonyl (C=O) groups is 4. The molecule has 2 spiro atoms. The first-order valence-corrected chi connectivity index (χ1v) is 12.0. The Morgan fingerprint density at radius 3 is 2.37 bits per heavy atom. The summed E-state index contributed by atoms with van der Waals surface area (Å²) in [5.74, 6) is -2.37. The maximum Gasteiger partial charge on any atom is 0.331 e. The zero-order valence-corrected chi connectivity index (χ0v) is 21.2. The monoisotopic (exact) mass is 484 g/mol. The Hall–Kier alpha value is -2.74. The standard InChI is InChI=1S/C27H32O8/c1-13-18-19(34-16(4)28)24(8)14(2)26(21(31)33-15(3)27(26,32)20(24)30)23(18,7)11-12-25(13)10-9-17(29)35-22(25,5)6/h9-10,15,19,32H,2,11-12H2,1,3-8H3/t15-,19+,23+,24+,25+,26+,27-/m1/s1. The van der Waals surface area contributed by atoms with E-state index in [0.717, 1.165) is 5.57 Å². The third-order valence-electron chi connectivity index (χ3n) is 10.2. The van der Waals surface area contributed by atoms with E-state index in [2.05, 4.69) is 6.58 Å². The predicted molar refractivity (Wildman–Crippen MR) is 123 cm³/mol. The summed E-state index contributed by atoms with van der Waals surface area (Å²) in [6.45, 7) is 15.9. The molecule has 1 N–H and O–H groups in total. The van der Waals surface area contributed by atoms with Crippen LogP contribution in [0.15, 0.2) is 35.5 Å². The van der Waals surface area contributed by atoms with E-state index in [1.165, 1.54) is 19.9 Å². The van der Waals surface area contributed by atoms with Gasteiger partial charge in [0.1, 0.15) is 23.2 Å². The van der Waals surface area contributed by atoms with Crippen molar-refractivity contribution in [1.29, 1.82) is 0 Å². The number of cyclic esters (lactones) is 2. The number of carbonyl (C=O) groups excluding carboxylic acids is 4. The van der Waals surface area contributed by atoms with E-state index in [4.69, 9.17) is 14.2 Å². The van der Waals surface area contributed by atoms with Crippen LogP contribution in [0.5, 0.6) is 0 Å². The number of rotatable bonds is 1. The van der Waals surface area contributed by atoms with Crippen molar-refractivity contribution in [1.82, 2.24) is 0 Å². The number of fused-ring (bicyclic) bond motifs is 2. The summed E-state index contributed by atoms with van der Waals surface area (Å²) < 4.78 is 17.2. The summed E-state index contributed by atoms with van der Waals surface area (Å²) in [4.78, 5) is 52.4. The number of ketones is 1. The van der Waals surface area contributed by atoms with Crippen LogP contribution < -0.4 is 0 Å². The lowest BCUT2D eigenvalue weighted by Gasteiger charge is -2.61. The minimum Gasteiger partial charge on any atom is -0.458 e. The summed E-state index contributed by atoms with van der Waals surface area (Å²) in [7, 11) is 0. The Morgan fingerprint density at radius 1 is 1.17 bits per heavy atom. The van der Waals surface area contributed by atoms with E-state index >= 15 is 0 Å². The highest BCUT2D eigenvalue weighted by Crippen LogP contribution is 2.79. The first-order valence-electron chi connectivity index (χ1n) is 12.0. The zero-order chi connectivity index (χ0) is 26.1. The molecule has 7 atom stereocenters. The van der Waals surface area contributed by atoms with E-state index in [9.17, 15) is 24.3 Å². The minimum absolute atomic E-state index is 0.220. The van der Waals surface area contributed by atoms with Crippen molar-refractivity contribution in [2.45, 2.75) is 84.7 Å². The lowest BCUT2D eigenvalue weighted by atomic mass is 9.41. The number of hydrogen-bond acceptors (Lipinski definition) is 8. The Labute approximate surface area is 204 Å². The molecule has 2 heterocycles. The average molecular weight is 485 g/mol. The van der Waals surface area contributed by atoms with E-state index < -0.39 is 68.8 Å². The number of aliphatic hydroxyl groups is 1. The fraction of sp³-hybridized carbons (Fsp3) is 0.630. The van der Waals surface area contributed by atoms with Crippen LogP contribution in [0.2, 0.25) is 0 Å². The van der Waals surface area contributed by atoms with Gasteiger partial charge in [-0.3, -0.25) is 14.4 Å². The SMILES string of the molecule is C=C1[C@]2(C)C(=O)[C@]3(O)[C@@H](C)OC(=O)[C@]13[C@@]1(C)CC[C@@]3(C=CC(=O)OC3(C)C)C(C)=C1[C@@H]2OC(C)=O. The normalized spacial score (nSPS) is 47.4. The van der Waals surface area contributed by atoms with Gasteiger partial charge in [-0.25, -0.2) is 4.79 Å². The van der Waals surface area contributed by atoms with Crippen molar-refractivity contribution < 1.29 is 38.5 Å². The van der Waals surface area contributed by atoms with Crippen molar-refractivity contribution >= 4 is 23.7 Å². The Bertz CT molecular complexity index is 1210. The summed E-state index contributed by atoms with van der Waals surface area (Å²) in [6, 6.07) is 0. The fourth-order valence-electron chi connectivity index (χ4n) is 8.36. The molecule has 3 aliphatic carbocycles. The zero-order valence-electron chi connectivity index (χ0n) is 21.2. The third-order valence-corrected chi connectivity index (χ3v) is 10.2. The molecule has 3 fully saturated rings. The first-order chi connectivity index (χ1) is 16.0. The third kappa shape index (κ3) is 2.12. The van der Waals surface area contributed by atoms with Crippen LogP contribution in [0.25, 0.3) is 0 Å². The molecule has 35 heavy (non-hydrogen) atoms. The topological polar surface area (TPSA) is 116 Å². The second-order valence-corrected chi connectivity index (χ2v) is 11.7. The number of Topliss-reactive ketones (excluding diaryl/α,β-unsaturated/α-hetero) is 1. The molecule has 1 saturated heterocycles.